The molecule has 8 nitrogen and oxygen atoms in total. The van der Waals surface area contributed by atoms with Crippen LogP contribution in [-0.4, -0.2) is 61.9 Å². The molecule has 0 aliphatic carbocycles. The minimum absolute atomic E-state index is 0.00675. The highest BCUT2D eigenvalue weighted by Gasteiger charge is 2.35. The van der Waals surface area contributed by atoms with E-state index in [0.29, 0.717) is 13.2 Å². The van der Waals surface area contributed by atoms with Crippen LogP contribution in [0.15, 0.2) is 0 Å². The topological polar surface area (TPSA) is 114 Å². The summed E-state index contributed by atoms with van der Waals surface area (Å²) in [6.45, 7) is 3.30. The molecule has 0 bridgehead atoms. The van der Waals surface area contributed by atoms with Gasteiger partial charge in [-0.05, 0) is 13.0 Å². The lowest BCUT2D eigenvalue weighted by molar-refractivity contribution is -0.144. The van der Waals surface area contributed by atoms with Crippen LogP contribution in [0, 0.1) is 5.92 Å². The van der Waals surface area contributed by atoms with E-state index >= 15 is 0 Å². The highest BCUT2D eigenvalue weighted by atomic mass is 16.5. The molecule has 0 radical (unpaired) electrons. The van der Waals surface area contributed by atoms with E-state index < -0.39 is 23.9 Å². The molecule has 1 heterocycles. The molecule has 3 atom stereocenters. The average molecular weight is 302 g/mol. The number of esters is 1. The molecular formula is C13H22N2O6. The van der Waals surface area contributed by atoms with Crippen LogP contribution >= 0.6 is 0 Å². The third-order valence-corrected chi connectivity index (χ3v) is 3.36. The second-order valence-electron chi connectivity index (χ2n) is 4.82. The van der Waals surface area contributed by atoms with Crippen LogP contribution < -0.4 is 10.6 Å². The van der Waals surface area contributed by atoms with Gasteiger partial charge in [0.15, 0.2) is 0 Å². The maximum Gasteiger partial charge on any atom is 0.326 e. The number of hydrogen-bond donors (Lipinski definition) is 3. The van der Waals surface area contributed by atoms with E-state index in [9.17, 15) is 14.4 Å². The Kier molecular flexibility index (Phi) is 7.10. The van der Waals surface area contributed by atoms with E-state index in [0.717, 1.165) is 0 Å². The molecule has 1 rings (SSSR count). The average Bonchev–Trinajstić information content (AvgIpc) is 2.91. The van der Waals surface area contributed by atoms with Crippen molar-refractivity contribution < 1.29 is 29.0 Å². The van der Waals surface area contributed by atoms with Crippen molar-refractivity contribution >= 4 is 17.8 Å². The predicted octanol–water partition coefficient (Wildman–Crippen LogP) is -0.866. The second kappa shape index (κ2) is 8.58. The first-order chi connectivity index (χ1) is 9.99. The molecule has 1 aliphatic heterocycles. The number of ether oxygens (including phenoxy) is 2. The number of carbonyl (C=O) groups excluding carboxylic acids is 2. The zero-order valence-electron chi connectivity index (χ0n) is 12.3. The van der Waals surface area contributed by atoms with Crippen LogP contribution in [0.4, 0.5) is 0 Å². The first-order valence-electron chi connectivity index (χ1n) is 6.90. The van der Waals surface area contributed by atoms with E-state index in [1.807, 2.05) is 6.92 Å². The zero-order valence-corrected chi connectivity index (χ0v) is 12.3. The molecule has 0 aromatic carbocycles. The zero-order chi connectivity index (χ0) is 15.8. The maximum absolute atomic E-state index is 12.1. The summed E-state index contributed by atoms with van der Waals surface area (Å²) >= 11 is 0. The Bertz CT molecular complexity index is 387. The van der Waals surface area contributed by atoms with Gasteiger partial charge in [-0.3, -0.25) is 9.59 Å². The Hall–Kier alpha value is -1.67. The van der Waals surface area contributed by atoms with Crippen LogP contribution in [0.3, 0.4) is 0 Å². The molecule has 0 aromatic heterocycles. The number of carboxylic acids is 1. The van der Waals surface area contributed by atoms with Crippen molar-refractivity contribution in [3.8, 4) is 0 Å². The van der Waals surface area contributed by atoms with Crippen molar-refractivity contribution in [3.05, 3.63) is 0 Å². The van der Waals surface area contributed by atoms with Gasteiger partial charge in [-0.15, -0.1) is 0 Å². The summed E-state index contributed by atoms with van der Waals surface area (Å²) in [5.74, 6) is -2.49. The van der Waals surface area contributed by atoms with E-state index in [1.165, 1.54) is 7.11 Å². The quantitative estimate of drug-likeness (QED) is 0.500. The monoisotopic (exact) mass is 302 g/mol. The number of rotatable bonds is 8. The fourth-order valence-corrected chi connectivity index (χ4v) is 2.18. The molecule has 120 valence electrons. The molecule has 21 heavy (non-hydrogen) atoms. The van der Waals surface area contributed by atoms with E-state index in [1.54, 1.807) is 0 Å². The highest BCUT2D eigenvalue weighted by Crippen LogP contribution is 2.14. The van der Waals surface area contributed by atoms with Crippen molar-refractivity contribution in [1.29, 1.82) is 0 Å². The molecule has 1 saturated heterocycles. The fourth-order valence-electron chi connectivity index (χ4n) is 2.18. The number of hydrogen-bond acceptors (Lipinski definition) is 6. The lowest BCUT2D eigenvalue weighted by Gasteiger charge is -2.20. The Labute approximate surface area is 123 Å². The minimum Gasteiger partial charge on any atom is -0.480 e. The molecule has 0 aromatic rings. The third-order valence-electron chi connectivity index (χ3n) is 3.36. The van der Waals surface area contributed by atoms with Crippen LogP contribution in [0.1, 0.15) is 19.8 Å². The van der Waals surface area contributed by atoms with Crippen molar-refractivity contribution in [2.45, 2.75) is 31.8 Å². The van der Waals surface area contributed by atoms with Crippen molar-refractivity contribution in [1.82, 2.24) is 10.6 Å². The van der Waals surface area contributed by atoms with Crippen LogP contribution in [0.5, 0.6) is 0 Å². The van der Waals surface area contributed by atoms with Crippen LogP contribution in [0.2, 0.25) is 0 Å². The summed E-state index contributed by atoms with van der Waals surface area (Å²) in [4.78, 5) is 34.4. The highest BCUT2D eigenvalue weighted by molar-refractivity contribution is 5.86. The van der Waals surface area contributed by atoms with Gasteiger partial charge in [0, 0.05) is 12.5 Å². The number of nitrogens with one attached hydrogen (secondary N) is 2. The molecule has 8 heteroatoms. The Morgan fingerprint density at radius 2 is 2.10 bits per heavy atom. The fraction of sp³-hybridized carbons (Fsp3) is 0.769. The summed E-state index contributed by atoms with van der Waals surface area (Å²) in [5, 5.41) is 14.7. The molecule has 0 saturated carbocycles. The summed E-state index contributed by atoms with van der Waals surface area (Å²) in [7, 11) is 1.23. The molecule has 0 spiro atoms. The number of amides is 1. The van der Waals surface area contributed by atoms with Crippen LogP contribution in [-0.2, 0) is 23.9 Å². The van der Waals surface area contributed by atoms with Gasteiger partial charge in [0.1, 0.15) is 6.04 Å². The van der Waals surface area contributed by atoms with E-state index in [2.05, 4.69) is 15.4 Å². The standard InChI is InChI=1S/C13H22N2O6/c1-3-14-10-7-21-6-8(10)12(17)15-9(13(18)19)4-5-11(16)20-2/h8-10,14H,3-7H2,1-2H3,(H,15,17)(H,18,19). The SMILES string of the molecule is CCNC1COCC1C(=O)NC(CCC(=O)OC)C(=O)O. The lowest BCUT2D eigenvalue weighted by Crippen LogP contribution is -2.49. The Morgan fingerprint density at radius 3 is 2.67 bits per heavy atom. The minimum atomic E-state index is -1.17. The number of carboxylic acid groups (broad SMARTS) is 1. The Balaban J connectivity index is 2.55. The third kappa shape index (κ3) is 5.31. The van der Waals surface area contributed by atoms with Gasteiger partial charge >= 0.3 is 11.9 Å². The summed E-state index contributed by atoms with van der Waals surface area (Å²) in [6.07, 6.45) is -0.0707. The first-order valence-corrected chi connectivity index (χ1v) is 6.90. The van der Waals surface area contributed by atoms with Crippen molar-refractivity contribution in [2.24, 2.45) is 5.92 Å². The first kappa shape index (κ1) is 17.4. The van der Waals surface area contributed by atoms with Gasteiger partial charge < -0.3 is 25.2 Å². The van der Waals surface area contributed by atoms with E-state index in [-0.39, 0.29) is 31.4 Å². The maximum atomic E-state index is 12.1. The normalized spacial score (nSPS) is 22.6. The van der Waals surface area contributed by atoms with Crippen molar-refractivity contribution in [3.63, 3.8) is 0 Å². The van der Waals surface area contributed by atoms with Gasteiger partial charge in [-0.25, -0.2) is 4.79 Å². The number of likely N-dealkylation sites (N-methyl/N-ethyl adjacent to an activating group) is 1. The molecular weight excluding hydrogens is 280 g/mol. The number of aliphatic carboxylic acids is 1. The Morgan fingerprint density at radius 1 is 1.38 bits per heavy atom. The van der Waals surface area contributed by atoms with Crippen LogP contribution in [0.25, 0.3) is 0 Å². The molecule has 3 unspecified atom stereocenters. The molecule has 3 N–H and O–H groups in total. The van der Waals surface area contributed by atoms with Gasteiger partial charge in [0.05, 0.1) is 26.2 Å². The summed E-state index contributed by atoms with van der Waals surface area (Å²) in [6, 6.07) is -1.23. The largest absolute Gasteiger partial charge is 0.480 e. The molecule has 1 aliphatic rings. The van der Waals surface area contributed by atoms with Gasteiger partial charge in [-0.1, -0.05) is 6.92 Å². The summed E-state index contributed by atoms with van der Waals surface area (Å²) in [5.41, 5.74) is 0. The summed E-state index contributed by atoms with van der Waals surface area (Å²) < 4.78 is 9.72. The second-order valence-corrected chi connectivity index (χ2v) is 4.82. The smallest absolute Gasteiger partial charge is 0.326 e. The van der Waals surface area contributed by atoms with E-state index in [4.69, 9.17) is 9.84 Å². The predicted molar refractivity (Wildman–Crippen MR) is 72.6 cm³/mol. The number of carbonyl (C=O) groups is 3. The van der Waals surface area contributed by atoms with Crippen molar-refractivity contribution in [2.75, 3.05) is 26.9 Å². The molecule has 1 amide bonds. The van der Waals surface area contributed by atoms with Gasteiger partial charge in [0.25, 0.3) is 0 Å². The number of methoxy groups -OCH3 is 1. The van der Waals surface area contributed by atoms with Gasteiger partial charge in [-0.2, -0.15) is 0 Å². The molecule has 1 fully saturated rings. The van der Waals surface area contributed by atoms with Gasteiger partial charge in [0.2, 0.25) is 5.91 Å². The lowest BCUT2D eigenvalue weighted by atomic mass is 10.0.